The van der Waals surface area contributed by atoms with E-state index in [0.717, 1.165) is 5.56 Å². The third kappa shape index (κ3) is 2.68. The fourth-order valence-corrected chi connectivity index (χ4v) is 1.88. The highest BCUT2D eigenvalue weighted by Gasteiger charge is 2.19. The van der Waals surface area contributed by atoms with Crippen LogP contribution in [-0.2, 0) is 4.79 Å². The molecule has 0 aliphatic heterocycles. The Morgan fingerprint density at radius 2 is 2.12 bits per heavy atom. The Labute approximate surface area is 99.8 Å². The number of carboxylic acid groups (broad SMARTS) is 1. The molecule has 4 N–H and O–H groups in total. The normalized spacial score (nSPS) is 12.2. The van der Waals surface area contributed by atoms with Crippen LogP contribution >= 0.6 is 0 Å². The summed E-state index contributed by atoms with van der Waals surface area (Å²) in [6.45, 7) is 3.53. The Morgan fingerprint density at radius 3 is 2.59 bits per heavy atom. The number of aromatic hydroxyl groups is 1. The predicted octanol–water partition coefficient (Wildman–Crippen LogP) is 1.49. The molecule has 0 aromatic heterocycles. The summed E-state index contributed by atoms with van der Waals surface area (Å²) in [7, 11) is 1.52. The molecule has 0 saturated heterocycles. The van der Waals surface area contributed by atoms with Crippen molar-refractivity contribution in [2.45, 2.75) is 26.3 Å². The van der Waals surface area contributed by atoms with Crippen LogP contribution in [0.25, 0.3) is 0 Å². The van der Waals surface area contributed by atoms with Gasteiger partial charge in [-0.15, -0.1) is 0 Å². The summed E-state index contributed by atoms with van der Waals surface area (Å²) in [4.78, 5) is 10.6. The van der Waals surface area contributed by atoms with Gasteiger partial charge >= 0.3 is 5.97 Å². The first-order valence-electron chi connectivity index (χ1n) is 5.22. The van der Waals surface area contributed by atoms with E-state index in [2.05, 4.69) is 0 Å². The lowest BCUT2D eigenvalue weighted by Crippen LogP contribution is -2.15. The number of nitrogens with two attached hydrogens (primary N) is 1. The van der Waals surface area contributed by atoms with Crippen LogP contribution < -0.4 is 10.5 Å². The summed E-state index contributed by atoms with van der Waals surface area (Å²) in [5.74, 6) is -0.405. The molecule has 0 radical (unpaired) electrons. The summed E-state index contributed by atoms with van der Waals surface area (Å²) in [6.07, 6.45) is -0.223. The van der Waals surface area contributed by atoms with Crippen molar-refractivity contribution in [3.8, 4) is 11.5 Å². The smallest absolute Gasteiger partial charge is 0.305 e. The Balaban J connectivity index is 3.22. The van der Waals surface area contributed by atoms with Gasteiger partial charge in [0.05, 0.1) is 13.5 Å². The van der Waals surface area contributed by atoms with Crippen LogP contribution in [0.3, 0.4) is 0 Å². The van der Waals surface area contributed by atoms with Crippen LogP contribution in [-0.4, -0.2) is 23.3 Å². The number of carbonyl (C=O) groups is 1. The molecule has 17 heavy (non-hydrogen) atoms. The van der Waals surface area contributed by atoms with E-state index in [0.29, 0.717) is 16.9 Å². The van der Waals surface area contributed by atoms with E-state index in [1.807, 2.05) is 6.92 Å². The van der Waals surface area contributed by atoms with Gasteiger partial charge in [0.2, 0.25) is 0 Å². The molecular formula is C12H17NO4. The third-order valence-electron chi connectivity index (χ3n) is 2.70. The van der Waals surface area contributed by atoms with Crippen molar-refractivity contribution in [1.82, 2.24) is 0 Å². The highest BCUT2D eigenvalue weighted by atomic mass is 16.5. The van der Waals surface area contributed by atoms with Crippen molar-refractivity contribution in [2.24, 2.45) is 5.73 Å². The Morgan fingerprint density at radius 1 is 1.53 bits per heavy atom. The van der Waals surface area contributed by atoms with Crippen LogP contribution in [0.2, 0.25) is 0 Å². The van der Waals surface area contributed by atoms with Crippen LogP contribution in [0.1, 0.15) is 29.2 Å². The second-order valence-electron chi connectivity index (χ2n) is 3.99. The standard InChI is InChI=1S/C12H17NO4/c1-6-4-8(9(13)5-10(14)15)11(16)7(2)12(6)17-3/h4,9,16H,5,13H2,1-3H3,(H,14,15). The van der Waals surface area contributed by atoms with E-state index in [4.69, 9.17) is 15.6 Å². The maximum absolute atomic E-state index is 10.6. The molecule has 5 heteroatoms. The second kappa shape index (κ2) is 5.05. The maximum Gasteiger partial charge on any atom is 0.305 e. The average Bonchev–Trinajstić information content (AvgIpc) is 2.23. The minimum absolute atomic E-state index is 0.00111. The first-order valence-corrected chi connectivity index (χ1v) is 5.22. The molecule has 0 spiro atoms. The van der Waals surface area contributed by atoms with Crippen molar-refractivity contribution in [3.05, 3.63) is 22.8 Å². The minimum atomic E-state index is -0.997. The number of carboxylic acids is 1. The summed E-state index contributed by atoms with van der Waals surface area (Å²) in [6, 6.07) is 0.935. The zero-order chi connectivity index (χ0) is 13.2. The fraction of sp³-hybridized carbons (Fsp3) is 0.417. The highest BCUT2D eigenvalue weighted by molar-refractivity contribution is 5.68. The number of aryl methyl sites for hydroxylation is 1. The molecule has 0 aliphatic carbocycles. The van der Waals surface area contributed by atoms with E-state index >= 15 is 0 Å². The van der Waals surface area contributed by atoms with Gasteiger partial charge < -0.3 is 20.7 Å². The van der Waals surface area contributed by atoms with Crippen LogP contribution in [0.4, 0.5) is 0 Å². The number of hydrogen-bond donors (Lipinski definition) is 3. The van der Waals surface area contributed by atoms with Gasteiger partial charge in [-0.2, -0.15) is 0 Å². The van der Waals surface area contributed by atoms with Gasteiger partial charge in [0.25, 0.3) is 0 Å². The molecule has 1 rings (SSSR count). The molecule has 0 heterocycles. The van der Waals surface area contributed by atoms with E-state index in [-0.39, 0.29) is 12.2 Å². The molecular weight excluding hydrogens is 222 g/mol. The summed E-state index contributed by atoms with van der Waals surface area (Å²) < 4.78 is 5.16. The van der Waals surface area contributed by atoms with Crippen LogP contribution in [0, 0.1) is 13.8 Å². The SMILES string of the molecule is COc1c(C)cc(C(N)CC(=O)O)c(O)c1C. The quantitative estimate of drug-likeness (QED) is 0.740. The lowest BCUT2D eigenvalue weighted by atomic mass is 9.97. The van der Waals surface area contributed by atoms with Gasteiger partial charge in [-0.1, -0.05) is 0 Å². The number of benzene rings is 1. The minimum Gasteiger partial charge on any atom is -0.507 e. The van der Waals surface area contributed by atoms with Crippen molar-refractivity contribution < 1.29 is 19.7 Å². The van der Waals surface area contributed by atoms with Gasteiger partial charge in [0.15, 0.2) is 0 Å². The molecule has 1 aromatic rings. The zero-order valence-corrected chi connectivity index (χ0v) is 10.2. The molecule has 0 aliphatic rings. The van der Waals surface area contributed by atoms with E-state index in [1.165, 1.54) is 7.11 Å². The molecule has 0 bridgehead atoms. The lowest BCUT2D eigenvalue weighted by molar-refractivity contribution is -0.137. The molecule has 0 fully saturated rings. The maximum atomic E-state index is 10.6. The monoisotopic (exact) mass is 239 g/mol. The molecule has 1 unspecified atom stereocenters. The number of rotatable bonds is 4. The van der Waals surface area contributed by atoms with Gasteiger partial charge in [-0.25, -0.2) is 0 Å². The number of ether oxygens (including phenoxy) is 1. The Hall–Kier alpha value is -1.75. The predicted molar refractivity (Wildman–Crippen MR) is 63.3 cm³/mol. The zero-order valence-electron chi connectivity index (χ0n) is 10.2. The summed E-state index contributed by atoms with van der Waals surface area (Å²) in [5.41, 5.74) is 7.57. The van der Waals surface area contributed by atoms with E-state index < -0.39 is 12.0 Å². The van der Waals surface area contributed by atoms with Crippen LogP contribution in [0.15, 0.2) is 6.07 Å². The highest BCUT2D eigenvalue weighted by Crippen LogP contribution is 2.36. The molecule has 1 atom stereocenters. The fourth-order valence-electron chi connectivity index (χ4n) is 1.88. The molecule has 0 amide bonds. The molecule has 0 saturated carbocycles. The molecule has 94 valence electrons. The third-order valence-corrected chi connectivity index (χ3v) is 2.70. The molecule has 5 nitrogen and oxygen atoms in total. The van der Waals surface area contributed by atoms with E-state index in [9.17, 15) is 9.90 Å². The van der Waals surface area contributed by atoms with Gasteiger partial charge in [-0.3, -0.25) is 4.79 Å². The van der Waals surface area contributed by atoms with Crippen LogP contribution in [0.5, 0.6) is 11.5 Å². The van der Waals surface area contributed by atoms with Crippen molar-refractivity contribution >= 4 is 5.97 Å². The summed E-state index contributed by atoms with van der Waals surface area (Å²) >= 11 is 0. The summed E-state index contributed by atoms with van der Waals surface area (Å²) in [5, 5.41) is 18.7. The van der Waals surface area contributed by atoms with Gasteiger partial charge in [-0.05, 0) is 25.5 Å². The van der Waals surface area contributed by atoms with Gasteiger partial charge in [0.1, 0.15) is 11.5 Å². The lowest BCUT2D eigenvalue weighted by Gasteiger charge is -2.17. The number of phenolic OH excluding ortho intramolecular Hbond substituents is 1. The largest absolute Gasteiger partial charge is 0.507 e. The topological polar surface area (TPSA) is 92.8 Å². The molecule has 1 aromatic carbocycles. The Kier molecular flexibility index (Phi) is 3.96. The average molecular weight is 239 g/mol. The first-order chi connectivity index (χ1) is 7.88. The van der Waals surface area contributed by atoms with E-state index in [1.54, 1.807) is 13.0 Å². The van der Waals surface area contributed by atoms with Crippen molar-refractivity contribution in [2.75, 3.05) is 7.11 Å². The number of aliphatic carboxylic acids is 1. The second-order valence-corrected chi connectivity index (χ2v) is 3.99. The van der Waals surface area contributed by atoms with Crippen molar-refractivity contribution in [1.29, 1.82) is 0 Å². The number of hydrogen-bond acceptors (Lipinski definition) is 4. The van der Waals surface area contributed by atoms with Crippen molar-refractivity contribution in [3.63, 3.8) is 0 Å². The number of methoxy groups -OCH3 is 1. The number of phenols is 1. The first kappa shape index (κ1) is 13.3. The van der Waals surface area contributed by atoms with Gasteiger partial charge in [0, 0.05) is 17.2 Å². The Bertz CT molecular complexity index is 443.